The highest BCUT2D eigenvalue weighted by Crippen LogP contribution is 2.43. The predicted molar refractivity (Wildman–Crippen MR) is 73.5 cm³/mol. The highest BCUT2D eigenvalue weighted by molar-refractivity contribution is 4.93. The van der Waals surface area contributed by atoms with E-state index in [9.17, 15) is 0 Å². The molecular weight excluding hydrogens is 224 g/mol. The molecule has 3 nitrogen and oxygen atoms in total. The third-order valence-electron chi connectivity index (χ3n) is 5.25. The molecule has 2 aliphatic heterocycles. The van der Waals surface area contributed by atoms with Gasteiger partial charge in [0.2, 0.25) is 0 Å². The Morgan fingerprint density at radius 3 is 2.72 bits per heavy atom. The second-order valence-electron chi connectivity index (χ2n) is 6.67. The molecule has 2 unspecified atom stereocenters. The van der Waals surface area contributed by atoms with Gasteiger partial charge in [-0.15, -0.1) is 0 Å². The first-order valence-corrected chi connectivity index (χ1v) is 7.90. The molecule has 0 aromatic carbocycles. The molecule has 3 heteroatoms. The minimum absolute atomic E-state index is 0.299. The average molecular weight is 252 g/mol. The summed E-state index contributed by atoms with van der Waals surface area (Å²) < 4.78 is 6.41. The van der Waals surface area contributed by atoms with E-state index in [0.717, 1.165) is 19.0 Å². The van der Waals surface area contributed by atoms with Crippen molar-refractivity contribution < 1.29 is 4.74 Å². The smallest absolute Gasteiger partial charge is 0.0710 e. The zero-order valence-electron chi connectivity index (χ0n) is 11.6. The van der Waals surface area contributed by atoms with Crippen molar-refractivity contribution in [2.75, 3.05) is 26.2 Å². The largest absolute Gasteiger partial charge is 0.370 e. The van der Waals surface area contributed by atoms with Crippen molar-refractivity contribution in [1.29, 1.82) is 0 Å². The van der Waals surface area contributed by atoms with Crippen LogP contribution in [-0.4, -0.2) is 42.8 Å². The van der Waals surface area contributed by atoms with E-state index in [4.69, 9.17) is 10.5 Å². The summed E-state index contributed by atoms with van der Waals surface area (Å²) in [6.07, 6.45) is 11.1. The highest BCUT2D eigenvalue weighted by Gasteiger charge is 2.42. The van der Waals surface area contributed by atoms with Crippen LogP contribution >= 0.6 is 0 Å². The molecule has 3 fully saturated rings. The van der Waals surface area contributed by atoms with Crippen molar-refractivity contribution in [3.05, 3.63) is 0 Å². The first kappa shape index (κ1) is 12.9. The molecule has 18 heavy (non-hydrogen) atoms. The Hall–Kier alpha value is -0.120. The SMILES string of the molecule is NCC1CCCN(CC2CCC3(CCCC3)O2)C1. The van der Waals surface area contributed by atoms with Crippen LogP contribution in [0.15, 0.2) is 0 Å². The maximum absolute atomic E-state index is 6.41. The third kappa shape index (κ3) is 2.73. The minimum Gasteiger partial charge on any atom is -0.370 e. The van der Waals surface area contributed by atoms with Crippen LogP contribution in [-0.2, 0) is 4.74 Å². The van der Waals surface area contributed by atoms with E-state index in [0.29, 0.717) is 11.7 Å². The van der Waals surface area contributed by atoms with Crippen molar-refractivity contribution >= 4 is 0 Å². The summed E-state index contributed by atoms with van der Waals surface area (Å²) in [7, 11) is 0. The molecule has 1 spiro atoms. The van der Waals surface area contributed by atoms with Crippen molar-refractivity contribution in [2.24, 2.45) is 11.7 Å². The van der Waals surface area contributed by atoms with E-state index in [2.05, 4.69) is 4.90 Å². The van der Waals surface area contributed by atoms with Gasteiger partial charge in [0, 0.05) is 13.1 Å². The summed E-state index contributed by atoms with van der Waals surface area (Å²) >= 11 is 0. The Bertz CT molecular complexity index is 276. The van der Waals surface area contributed by atoms with Gasteiger partial charge >= 0.3 is 0 Å². The second kappa shape index (κ2) is 5.48. The van der Waals surface area contributed by atoms with Crippen LogP contribution in [0, 0.1) is 5.92 Å². The first-order valence-electron chi connectivity index (χ1n) is 7.90. The molecule has 104 valence electrons. The average Bonchev–Trinajstić information content (AvgIpc) is 3.01. The lowest BCUT2D eigenvalue weighted by Gasteiger charge is -2.34. The molecule has 2 N–H and O–H groups in total. The molecule has 3 aliphatic rings. The Balaban J connectivity index is 1.48. The topological polar surface area (TPSA) is 38.5 Å². The Morgan fingerprint density at radius 2 is 1.94 bits per heavy atom. The summed E-state index contributed by atoms with van der Waals surface area (Å²) in [6, 6.07) is 0. The van der Waals surface area contributed by atoms with Gasteiger partial charge in [-0.05, 0) is 57.5 Å². The molecule has 0 amide bonds. The number of hydrogen-bond acceptors (Lipinski definition) is 3. The van der Waals surface area contributed by atoms with E-state index >= 15 is 0 Å². The molecule has 1 aliphatic carbocycles. The van der Waals surface area contributed by atoms with Crippen LogP contribution < -0.4 is 5.73 Å². The van der Waals surface area contributed by atoms with E-state index < -0.39 is 0 Å². The monoisotopic (exact) mass is 252 g/mol. The standard InChI is InChI=1S/C15H28N2O/c16-10-13-4-3-9-17(11-13)12-14-5-8-15(18-14)6-1-2-7-15/h13-14H,1-12,16H2. The fraction of sp³-hybridized carbons (Fsp3) is 1.00. The molecule has 0 radical (unpaired) electrons. The molecule has 0 aromatic rings. The van der Waals surface area contributed by atoms with Gasteiger partial charge in [-0.1, -0.05) is 12.8 Å². The lowest BCUT2D eigenvalue weighted by molar-refractivity contribution is -0.0504. The number of hydrogen-bond donors (Lipinski definition) is 1. The lowest BCUT2D eigenvalue weighted by Crippen LogP contribution is -2.42. The van der Waals surface area contributed by atoms with Gasteiger partial charge in [-0.2, -0.15) is 0 Å². The van der Waals surface area contributed by atoms with Crippen molar-refractivity contribution in [3.8, 4) is 0 Å². The number of likely N-dealkylation sites (tertiary alicyclic amines) is 1. The maximum Gasteiger partial charge on any atom is 0.0710 e. The van der Waals surface area contributed by atoms with Crippen LogP contribution in [0.25, 0.3) is 0 Å². The number of nitrogens with two attached hydrogens (primary N) is 1. The van der Waals surface area contributed by atoms with Crippen LogP contribution in [0.2, 0.25) is 0 Å². The fourth-order valence-corrected chi connectivity index (χ4v) is 4.21. The summed E-state index contributed by atoms with van der Waals surface area (Å²) in [5.41, 5.74) is 6.11. The zero-order valence-corrected chi connectivity index (χ0v) is 11.6. The predicted octanol–water partition coefficient (Wildman–Crippen LogP) is 2.15. The molecule has 2 heterocycles. The third-order valence-corrected chi connectivity index (χ3v) is 5.25. The van der Waals surface area contributed by atoms with E-state index in [-0.39, 0.29) is 0 Å². The molecule has 0 aromatic heterocycles. The number of piperidine rings is 1. The van der Waals surface area contributed by atoms with Gasteiger partial charge < -0.3 is 15.4 Å². The van der Waals surface area contributed by atoms with Crippen LogP contribution in [0.1, 0.15) is 51.4 Å². The number of rotatable bonds is 3. The normalized spacial score (nSPS) is 36.5. The fourth-order valence-electron chi connectivity index (χ4n) is 4.21. The summed E-state index contributed by atoms with van der Waals surface area (Å²) in [6.45, 7) is 4.46. The van der Waals surface area contributed by atoms with Crippen molar-refractivity contribution in [3.63, 3.8) is 0 Å². The summed E-state index contributed by atoms with van der Waals surface area (Å²) in [5, 5.41) is 0. The van der Waals surface area contributed by atoms with Crippen LogP contribution in [0.4, 0.5) is 0 Å². The second-order valence-corrected chi connectivity index (χ2v) is 6.67. The lowest BCUT2D eigenvalue weighted by atomic mass is 9.97. The molecule has 2 saturated heterocycles. The van der Waals surface area contributed by atoms with Crippen molar-refractivity contribution in [1.82, 2.24) is 4.90 Å². The highest BCUT2D eigenvalue weighted by atomic mass is 16.5. The molecule has 1 saturated carbocycles. The first-order chi connectivity index (χ1) is 8.80. The maximum atomic E-state index is 6.41. The van der Waals surface area contributed by atoms with Gasteiger partial charge in [-0.25, -0.2) is 0 Å². The van der Waals surface area contributed by atoms with E-state index in [1.807, 2.05) is 0 Å². The van der Waals surface area contributed by atoms with Gasteiger partial charge in [0.05, 0.1) is 11.7 Å². The molecule has 2 atom stereocenters. The number of ether oxygens (including phenoxy) is 1. The van der Waals surface area contributed by atoms with Crippen molar-refractivity contribution in [2.45, 2.75) is 63.1 Å². The zero-order chi connectivity index (χ0) is 12.4. The molecule has 0 bridgehead atoms. The Labute approximate surface area is 111 Å². The summed E-state index contributed by atoms with van der Waals surface area (Å²) in [5.74, 6) is 0.723. The van der Waals surface area contributed by atoms with E-state index in [1.54, 1.807) is 0 Å². The van der Waals surface area contributed by atoms with Gasteiger partial charge in [0.15, 0.2) is 0 Å². The van der Waals surface area contributed by atoms with E-state index in [1.165, 1.54) is 64.5 Å². The quantitative estimate of drug-likeness (QED) is 0.836. The van der Waals surface area contributed by atoms with Crippen LogP contribution in [0.3, 0.4) is 0 Å². The minimum atomic E-state index is 0.299. The van der Waals surface area contributed by atoms with Gasteiger partial charge in [0.25, 0.3) is 0 Å². The van der Waals surface area contributed by atoms with Gasteiger partial charge in [0.1, 0.15) is 0 Å². The molecule has 3 rings (SSSR count). The van der Waals surface area contributed by atoms with Gasteiger partial charge in [-0.3, -0.25) is 0 Å². The number of nitrogens with zero attached hydrogens (tertiary/aromatic N) is 1. The Kier molecular flexibility index (Phi) is 3.92. The Morgan fingerprint density at radius 1 is 1.11 bits per heavy atom. The summed E-state index contributed by atoms with van der Waals surface area (Å²) in [4.78, 5) is 2.60. The van der Waals surface area contributed by atoms with Crippen LogP contribution in [0.5, 0.6) is 0 Å². The molecular formula is C15H28N2O.